The second-order valence-electron chi connectivity index (χ2n) is 4.94. The molecular weight excluding hydrogens is 281 g/mol. The third-order valence-corrected chi connectivity index (χ3v) is 3.44. The van der Waals surface area contributed by atoms with Crippen LogP contribution in [0.2, 0.25) is 0 Å². The lowest BCUT2D eigenvalue weighted by Gasteiger charge is -2.04. The summed E-state index contributed by atoms with van der Waals surface area (Å²) in [5.74, 6) is -0.507. The van der Waals surface area contributed by atoms with Gasteiger partial charge in [0.15, 0.2) is 0 Å². The maximum Gasteiger partial charge on any atom is 0.280 e. The van der Waals surface area contributed by atoms with E-state index < -0.39 is 5.82 Å². The molecule has 0 saturated heterocycles. The smallest absolute Gasteiger partial charge is 0.280 e. The number of nitrogen functional groups attached to an aromatic ring is 1. The number of hydrogen-bond donors (Lipinski definition) is 1. The number of carbonyl (C=O) groups excluding carboxylic acids is 1. The molecule has 1 heterocycles. The predicted octanol–water partition coefficient (Wildman–Crippen LogP) is 3.27. The number of benzene rings is 2. The zero-order chi connectivity index (χ0) is 15.7. The fraction of sp³-hybridized carbons (Fsp3) is 0.0588. The van der Waals surface area contributed by atoms with Gasteiger partial charge in [0.1, 0.15) is 11.6 Å². The van der Waals surface area contributed by atoms with Gasteiger partial charge in [0.05, 0.1) is 5.69 Å². The van der Waals surface area contributed by atoms with E-state index in [9.17, 15) is 9.18 Å². The normalized spacial score (nSPS) is 10.6. The molecule has 22 heavy (non-hydrogen) atoms. The van der Waals surface area contributed by atoms with Crippen LogP contribution in [0.5, 0.6) is 0 Å². The van der Waals surface area contributed by atoms with Gasteiger partial charge < -0.3 is 5.73 Å². The van der Waals surface area contributed by atoms with E-state index >= 15 is 0 Å². The average Bonchev–Trinajstić information content (AvgIpc) is 2.83. The quantitative estimate of drug-likeness (QED) is 0.789. The Morgan fingerprint density at radius 1 is 1.09 bits per heavy atom. The molecule has 0 aliphatic carbocycles. The number of aryl methyl sites for hydroxylation is 1. The van der Waals surface area contributed by atoms with Crippen LogP contribution in [0.3, 0.4) is 0 Å². The first-order chi connectivity index (χ1) is 10.6. The van der Waals surface area contributed by atoms with Crippen molar-refractivity contribution >= 4 is 11.7 Å². The molecule has 2 N–H and O–H groups in total. The summed E-state index contributed by atoms with van der Waals surface area (Å²) >= 11 is 0. The third-order valence-electron chi connectivity index (χ3n) is 3.44. The van der Waals surface area contributed by atoms with Crippen molar-refractivity contribution in [1.29, 1.82) is 0 Å². The Hall–Kier alpha value is -2.95. The largest absolute Gasteiger partial charge is 0.383 e. The lowest BCUT2D eigenvalue weighted by atomic mass is 10.1. The van der Waals surface area contributed by atoms with E-state index in [4.69, 9.17) is 5.73 Å². The van der Waals surface area contributed by atoms with Crippen LogP contribution in [0.1, 0.15) is 16.1 Å². The van der Waals surface area contributed by atoms with E-state index in [0.717, 1.165) is 15.8 Å². The van der Waals surface area contributed by atoms with Crippen molar-refractivity contribution in [1.82, 2.24) is 9.78 Å². The molecule has 0 atom stereocenters. The molecule has 3 aromatic rings. The number of carbonyl (C=O) groups is 1. The number of rotatable bonds is 2. The van der Waals surface area contributed by atoms with Crippen molar-refractivity contribution in [2.45, 2.75) is 6.92 Å². The van der Waals surface area contributed by atoms with E-state index in [1.54, 1.807) is 6.92 Å². The Morgan fingerprint density at radius 3 is 2.36 bits per heavy atom. The Bertz CT molecular complexity index is 823. The summed E-state index contributed by atoms with van der Waals surface area (Å²) in [7, 11) is 0. The molecule has 0 unspecified atom stereocenters. The molecule has 0 bridgehead atoms. The summed E-state index contributed by atoms with van der Waals surface area (Å²) in [6.07, 6.45) is 0. The first-order valence-electron chi connectivity index (χ1n) is 6.78. The van der Waals surface area contributed by atoms with Gasteiger partial charge in [-0.05, 0) is 36.8 Å². The molecule has 0 spiro atoms. The van der Waals surface area contributed by atoms with Gasteiger partial charge in [0.25, 0.3) is 5.91 Å². The predicted molar refractivity (Wildman–Crippen MR) is 82.9 cm³/mol. The van der Waals surface area contributed by atoms with Crippen molar-refractivity contribution in [2.24, 2.45) is 0 Å². The molecule has 0 saturated carbocycles. The number of anilines is 1. The number of hydrogen-bond acceptors (Lipinski definition) is 3. The van der Waals surface area contributed by atoms with E-state index in [1.165, 1.54) is 24.3 Å². The molecule has 4 nitrogen and oxygen atoms in total. The van der Waals surface area contributed by atoms with Crippen LogP contribution in [-0.4, -0.2) is 15.7 Å². The van der Waals surface area contributed by atoms with Gasteiger partial charge in [0, 0.05) is 11.1 Å². The van der Waals surface area contributed by atoms with Crippen LogP contribution < -0.4 is 5.73 Å². The fourth-order valence-electron chi connectivity index (χ4n) is 2.38. The zero-order valence-corrected chi connectivity index (χ0v) is 12.0. The van der Waals surface area contributed by atoms with Crippen LogP contribution in [0, 0.1) is 12.7 Å². The maximum atomic E-state index is 13.0. The molecular formula is C17H14FN3O. The minimum atomic E-state index is -0.397. The topological polar surface area (TPSA) is 60.9 Å². The first-order valence-corrected chi connectivity index (χ1v) is 6.78. The molecule has 0 fully saturated rings. The highest BCUT2D eigenvalue weighted by Crippen LogP contribution is 2.29. The molecule has 110 valence electrons. The van der Waals surface area contributed by atoms with Gasteiger partial charge in [-0.2, -0.15) is 9.78 Å². The lowest BCUT2D eigenvalue weighted by Crippen LogP contribution is -2.16. The van der Waals surface area contributed by atoms with Gasteiger partial charge >= 0.3 is 0 Å². The second-order valence-corrected chi connectivity index (χ2v) is 4.94. The Balaban J connectivity index is 2.06. The Kier molecular flexibility index (Phi) is 3.47. The average molecular weight is 295 g/mol. The van der Waals surface area contributed by atoms with Crippen LogP contribution in [0.15, 0.2) is 54.6 Å². The lowest BCUT2D eigenvalue weighted by molar-refractivity contribution is 0.0947. The maximum absolute atomic E-state index is 13.0. The van der Waals surface area contributed by atoms with Gasteiger partial charge in [0.2, 0.25) is 0 Å². The third kappa shape index (κ3) is 2.37. The van der Waals surface area contributed by atoms with E-state index in [0.29, 0.717) is 11.3 Å². The van der Waals surface area contributed by atoms with Crippen LogP contribution >= 0.6 is 0 Å². The molecule has 0 amide bonds. The second kappa shape index (κ2) is 5.44. The molecule has 0 aliphatic heterocycles. The Labute approximate surface area is 127 Å². The fourth-order valence-corrected chi connectivity index (χ4v) is 2.38. The van der Waals surface area contributed by atoms with E-state index in [2.05, 4.69) is 5.10 Å². The molecule has 5 heteroatoms. The summed E-state index contributed by atoms with van der Waals surface area (Å²) in [5.41, 5.74) is 8.74. The number of nitrogens with two attached hydrogens (primary N) is 1. The van der Waals surface area contributed by atoms with Crippen LogP contribution in [-0.2, 0) is 0 Å². The number of aromatic nitrogens is 2. The van der Waals surface area contributed by atoms with E-state index in [1.807, 2.05) is 30.3 Å². The summed E-state index contributed by atoms with van der Waals surface area (Å²) in [4.78, 5) is 12.5. The highest BCUT2D eigenvalue weighted by molar-refractivity contribution is 5.98. The van der Waals surface area contributed by atoms with Crippen LogP contribution in [0.25, 0.3) is 11.1 Å². The number of halogens is 1. The highest BCUT2D eigenvalue weighted by Gasteiger charge is 2.19. The molecule has 2 aromatic carbocycles. The summed E-state index contributed by atoms with van der Waals surface area (Å²) in [6.45, 7) is 1.80. The zero-order valence-electron chi connectivity index (χ0n) is 12.0. The van der Waals surface area contributed by atoms with Gasteiger partial charge in [-0.1, -0.05) is 30.3 Å². The molecule has 1 aromatic heterocycles. The highest BCUT2D eigenvalue weighted by atomic mass is 19.1. The van der Waals surface area contributed by atoms with Crippen molar-refractivity contribution in [3.8, 4) is 11.1 Å². The van der Waals surface area contributed by atoms with Crippen molar-refractivity contribution < 1.29 is 9.18 Å². The SMILES string of the molecule is Cc1nn(C(=O)c2ccc(F)cc2)c(N)c1-c1ccccc1. The molecule has 0 aliphatic rings. The van der Waals surface area contributed by atoms with Gasteiger partial charge in [-0.3, -0.25) is 4.79 Å². The summed E-state index contributed by atoms with van der Waals surface area (Å²) in [5, 5.41) is 4.23. The molecule has 3 rings (SSSR count). The minimum absolute atomic E-state index is 0.276. The van der Waals surface area contributed by atoms with Crippen molar-refractivity contribution in [2.75, 3.05) is 5.73 Å². The summed E-state index contributed by atoms with van der Waals surface area (Å²) < 4.78 is 14.1. The minimum Gasteiger partial charge on any atom is -0.383 e. The van der Waals surface area contributed by atoms with Crippen molar-refractivity contribution in [3.63, 3.8) is 0 Å². The monoisotopic (exact) mass is 295 g/mol. The van der Waals surface area contributed by atoms with Crippen LogP contribution in [0.4, 0.5) is 10.2 Å². The number of nitrogens with zero attached hydrogens (tertiary/aromatic N) is 2. The first kappa shape index (κ1) is 14.0. The summed E-state index contributed by atoms with van der Waals surface area (Å²) in [6, 6.07) is 14.8. The molecule has 0 radical (unpaired) electrons. The van der Waals surface area contributed by atoms with E-state index in [-0.39, 0.29) is 11.7 Å². The van der Waals surface area contributed by atoms with Crippen molar-refractivity contribution in [3.05, 3.63) is 71.7 Å². The van der Waals surface area contributed by atoms with Gasteiger partial charge in [-0.15, -0.1) is 0 Å². The standard InChI is InChI=1S/C17H14FN3O/c1-11-15(12-5-3-2-4-6-12)16(19)21(20-11)17(22)13-7-9-14(18)10-8-13/h2-10H,19H2,1H3. The Morgan fingerprint density at radius 2 is 1.73 bits per heavy atom. The van der Waals surface area contributed by atoms with Gasteiger partial charge in [-0.25, -0.2) is 4.39 Å².